The molecule has 8 nitrogen and oxygen atoms in total. The Balaban J connectivity index is 2.85. The van der Waals surface area contributed by atoms with Crippen molar-refractivity contribution in [1.29, 1.82) is 0 Å². The minimum Gasteiger partial charge on any atom is -0.461 e. The normalized spacial score (nSPS) is 10.5. The van der Waals surface area contributed by atoms with E-state index in [2.05, 4.69) is 19.9 Å². The van der Waals surface area contributed by atoms with E-state index in [0.717, 1.165) is 12.1 Å². The molecule has 0 unspecified atom stereocenters. The molecule has 0 saturated carbocycles. The summed E-state index contributed by atoms with van der Waals surface area (Å²) in [5, 5.41) is 5.40. The number of ether oxygens (including phenoxy) is 2. The Kier molecular flexibility index (Phi) is 7.56. The Hall–Kier alpha value is -3.11. The highest BCUT2D eigenvalue weighted by molar-refractivity contribution is 6.62. The van der Waals surface area contributed by atoms with Gasteiger partial charge in [-0.05, 0) is 32.0 Å². The zero-order chi connectivity index (χ0) is 19.7. The lowest BCUT2D eigenvalue weighted by molar-refractivity contribution is -0.141. The molecule has 0 bridgehead atoms. The lowest BCUT2D eigenvalue weighted by Crippen LogP contribution is -2.33. The summed E-state index contributed by atoms with van der Waals surface area (Å²) in [6.45, 7) is 2.89. The smallest absolute Gasteiger partial charge is 0.416 e. The first-order valence-electron chi connectivity index (χ1n) is 7.35. The number of urea groups is 1. The third-order valence-electron chi connectivity index (χ3n) is 2.65. The molecule has 0 fully saturated rings. The van der Waals surface area contributed by atoms with E-state index >= 15 is 0 Å². The van der Waals surface area contributed by atoms with Crippen molar-refractivity contribution in [2.75, 3.05) is 18.5 Å². The van der Waals surface area contributed by atoms with E-state index < -0.39 is 35.4 Å². The molecular formula is C15H16F3N3O5. The number of carbonyl (C=O) groups is 3. The number of esters is 2. The second kappa shape index (κ2) is 9.39. The Bertz CT molecular complexity index is 684. The lowest BCUT2D eigenvalue weighted by Gasteiger charge is -2.10. The molecule has 0 saturated heterocycles. The summed E-state index contributed by atoms with van der Waals surface area (Å²) in [7, 11) is 0. The molecule has 2 N–H and O–H groups in total. The number of amides is 2. The van der Waals surface area contributed by atoms with Crippen molar-refractivity contribution in [1.82, 2.24) is 5.43 Å². The third-order valence-corrected chi connectivity index (χ3v) is 2.65. The average Bonchev–Trinajstić information content (AvgIpc) is 2.55. The summed E-state index contributed by atoms with van der Waals surface area (Å²) in [5.74, 6) is -2.24. The number of hydrogen-bond acceptors (Lipinski definition) is 6. The van der Waals surface area contributed by atoms with Crippen molar-refractivity contribution in [2.24, 2.45) is 5.10 Å². The quantitative estimate of drug-likeness (QED) is 0.343. The molecule has 2 amide bonds. The maximum atomic E-state index is 12.6. The van der Waals surface area contributed by atoms with Crippen LogP contribution in [0, 0.1) is 0 Å². The topological polar surface area (TPSA) is 106 Å². The van der Waals surface area contributed by atoms with Crippen molar-refractivity contribution in [2.45, 2.75) is 20.0 Å². The van der Waals surface area contributed by atoms with Crippen LogP contribution in [0.15, 0.2) is 29.4 Å². The van der Waals surface area contributed by atoms with Gasteiger partial charge in [0.15, 0.2) is 0 Å². The van der Waals surface area contributed by atoms with Gasteiger partial charge in [-0.25, -0.2) is 19.8 Å². The third kappa shape index (κ3) is 6.42. The van der Waals surface area contributed by atoms with Crippen LogP contribution in [0.25, 0.3) is 0 Å². The van der Waals surface area contributed by atoms with Gasteiger partial charge < -0.3 is 14.8 Å². The maximum Gasteiger partial charge on any atom is 0.416 e. The predicted octanol–water partition coefficient (Wildman–Crippen LogP) is 2.31. The van der Waals surface area contributed by atoms with E-state index in [-0.39, 0.29) is 18.9 Å². The minimum atomic E-state index is -4.58. The first-order chi connectivity index (χ1) is 12.2. The summed E-state index contributed by atoms with van der Waals surface area (Å²) in [6.07, 6.45) is -4.58. The van der Waals surface area contributed by atoms with E-state index in [4.69, 9.17) is 0 Å². The van der Waals surface area contributed by atoms with Gasteiger partial charge in [0.05, 0.1) is 18.8 Å². The molecular weight excluding hydrogens is 359 g/mol. The summed E-state index contributed by atoms with van der Waals surface area (Å²) in [6, 6.07) is 2.79. The van der Waals surface area contributed by atoms with Crippen LogP contribution in [0.3, 0.4) is 0 Å². The number of carbonyl (C=O) groups excluding carboxylic acids is 3. The van der Waals surface area contributed by atoms with Crippen LogP contribution in [0.5, 0.6) is 0 Å². The van der Waals surface area contributed by atoms with Crippen LogP contribution in [-0.2, 0) is 25.2 Å². The molecule has 11 heteroatoms. The number of alkyl halides is 3. The molecule has 0 aliphatic carbocycles. The van der Waals surface area contributed by atoms with Gasteiger partial charge in [0.25, 0.3) is 5.71 Å². The van der Waals surface area contributed by atoms with Crippen LogP contribution >= 0.6 is 0 Å². The fourth-order valence-corrected chi connectivity index (χ4v) is 1.61. The molecule has 0 atom stereocenters. The largest absolute Gasteiger partial charge is 0.461 e. The molecule has 0 heterocycles. The van der Waals surface area contributed by atoms with Gasteiger partial charge in [0, 0.05) is 5.69 Å². The van der Waals surface area contributed by atoms with Crippen molar-refractivity contribution >= 4 is 29.4 Å². The monoisotopic (exact) mass is 375 g/mol. The van der Waals surface area contributed by atoms with E-state index in [1.807, 2.05) is 5.43 Å². The zero-order valence-electron chi connectivity index (χ0n) is 13.8. The summed E-state index contributed by atoms with van der Waals surface area (Å²) >= 11 is 0. The van der Waals surface area contributed by atoms with Gasteiger partial charge >= 0.3 is 24.1 Å². The molecule has 0 spiro atoms. The summed E-state index contributed by atoms with van der Waals surface area (Å²) < 4.78 is 47.1. The number of nitrogens with one attached hydrogen (secondary N) is 2. The van der Waals surface area contributed by atoms with Gasteiger partial charge in [-0.1, -0.05) is 6.07 Å². The number of rotatable bonds is 6. The molecule has 0 radical (unpaired) electrons. The number of hydrogen-bond donors (Lipinski definition) is 2. The molecule has 0 aromatic heterocycles. The van der Waals surface area contributed by atoms with Gasteiger partial charge in [-0.3, -0.25) is 0 Å². The molecule has 142 valence electrons. The van der Waals surface area contributed by atoms with Gasteiger partial charge in [0.2, 0.25) is 0 Å². The second-order valence-corrected chi connectivity index (χ2v) is 4.55. The Morgan fingerprint density at radius 3 is 2.15 bits per heavy atom. The Morgan fingerprint density at radius 1 is 1.08 bits per heavy atom. The first-order valence-corrected chi connectivity index (χ1v) is 7.35. The van der Waals surface area contributed by atoms with Crippen molar-refractivity contribution in [3.63, 3.8) is 0 Å². The highest BCUT2D eigenvalue weighted by Crippen LogP contribution is 2.30. The van der Waals surface area contributed by atoms with Crippen LogP contribution < -0.4 is 10.7 Å². The highest BCUT2D eigenvalue weighted by atomic mass is 19.4. The summed E-state index contributed by atoms with van der Waals surface area (Å²) in [4.78, 5) is 35.0. The first kappa shape index (κ1) is 20.9. The van der Waals surface area contributed by atoms with Crippen LogP contribution in [0.4, 0.5) is 23.7 Å². The minimum absolute atomic E-state index is 0.0479. The number of hydrazone groups is 1. The number of anilines is 1. The molecule has 1 rings (SSSR count). The average molecular weight is 375 g/mol. The van der Waals surface area contributed by atoms with Crippen molar-refractivity contribution in [3.8, 4) is 0 Å². The van der Waals surface area contributed by atoms with Gasteiger partial charge in [0.1, 0.15) is 0 Å². The van der Waals surface area contributed by atoms with E-state index in [9.17, 15) is 27.6 Å². The maximum absolute atomic E-state index is 12.6. The molecule has 0 aliphatic heterocycles. The summed E-state index contributed by atoms with van der Waals surface area (Å²) in [5.41, 5.74) is -0.115. The van der Waals surface area contributed by atoms with Crippen LogP contribution in [-0.4, -0.2) is 36.9 Å². The van der Waals surface area contributed by atoms with Gasteiger partial charge in [-0.2, -0.15) is 18.3 Å². The molecule has 26 heavy (non-hydrogen) atoms. The molecule has 1 aromatic carbocycles. The lowest BCUT2D eigenvalue weighted by atomic mass is 10.2. The van der Waals surface area contributed by atoms with Gasteiger partial charge in [-0.15, -0.1) is 0 Å². The van der Waals surface area contributed by atoms with Crippen molar-refractivity contribution in [3.05, 3.63) is 29.8 Å². The highest BCUT2D eigenvalue weighted by Gasteiger charge is 2.30. The van der Waals surface area contributed by atoms with E-state index in [1.165, 1.54) is 19.9 Å². The van der Waals surface area contributed by atoms with Crippen LogP contribution in [0.2, 0.25) is 0 Å². The number of benzene rings is 1. The molecule has 1 aromatic rings. The standard InChI is InChI=1S/C15H16F3N3O5/c1-3-25-12(22)11(13(23)26-4-2)20-21-14(24)19-10-7-5-6-9(8-10)15(16,17)18/h5-8H,3-4H2,1-2H3,(H2,19,21,24). The Morgan fingerprint density at radius 2 is 1.65 bits per heavy atom. The zero-order valence-corrected chi connectivity index (χ0v) is 13.8. The fraction of sp³-hybridized carbons (Fsp3) is 0.333. The second-order valence-electron chi connectivity index (χ2n) is 4.55. The predicted molar refractivity (Wildman–Crippen MR) is 84.3 cm³/mol. The van der Waals surface area contributed by atoms with Crippen molar-refractivity contribution < 1.29 is 37.0 Å². The Labute approximate surface area is 146 Å². The number of halogens is 3. The molecule has 0 aliphatic rings. The van der Waals surface area contributed by atoms with E-state index in [1.54, 1.807) is 0 Å². The van der Waals surface area contributed by atoms with E-state index in [0.29, 0.717) is 6.07 Å². The SMILES string of the molecule is CCOC(=O)C(=NNC(=O)Nc1cccc(C(F)(F)F)c1)C(=O)OCC. The number of nitrogens with zero attached hydrogens (tertiary/aromatic N) is 1. The van der Waals surface area contributed by atoms with Crippen LogP contribution in [0.1, 0.15) is 19.4 Å². The fourth-order valence-electron chi connectivity index (χ4n) is 1.61.